The van der Waals surface area contributed by atoms with Crippen molar-refractivity contribution in [3.63, 3.8) is 0 Å². The van der Waals surface area contributed by atoms with E-state index in [9.17, 15) is 9.18 Å². The van der Waals surface area contributed by atoms with E-state index in [0.29, 0.717) is 40.1 Å². The van der Waals surface area contributed by atoms with Crippen LogP contribution < -0.4 is 24.8 Å². The molecule has 10 heteroatoms. The molecule has 0 aliphatic heterocycles. The number of Topliss-reactive ketones (excluding diaryl/α,β-unsaturated/α-hetero) is 1. The van der Waals surface area contributed by atoms with Crippen molar-refractivity contribution in [2.45, 2.75) is 20.3 Å². The van der Waals surface area contributed by atoms with Crippen molar-refractivity contribution in [1.82, 2.24) is 9.97 Å². The quantitative estimate of drug-likeness (QED) is 0.359. The Labute approximate surface area is 223 Å². The van der Waals surface area contributed by atoms with E-state index in [1.165, 1.54) is 21.3 Å². The van der Waals surface area contributed by atoms with Crippen LogP contribution in [-0.4, -0.2) is 37.1 Å². The molecule has 1 heterocycles. The van der Waals surface area contributed by atoms with Gasteiger partial charge in [0.05, 0.1) is 27.5 Å². The molecule has 3 rings (SSSR count). The van der Waals surface area contributed by atoms with Gasteiger partial charge in [-0.2, -0.15) is 36.5 Å². The zero-order valence-electron chi connectivity index (χ0n) is 19.7. The molecule has 0 saturated carbocycles. The Bertz CT molecular complexity index is 1120. The molecule has 0 spiro atoms. The summed E-state index contributed by atoms with van der Waals surface area (Å²) < 4.78 is 30.4. The number of ether oxygens (including phenoxy) is 3. The van der Waals surface area contributed by atoms with Crippen LogP contribution in [0.2, 0.25) is 0 Å². The van der Waals surface area contributed by atoms with Gasteiger partial charge in [-0.1, -0.05) is 5.69 Å². The topological polar surface area (TPSA) is 94.6 Å². The van der Waals surface area contributed by atoms with Crippen LogP contribution in [0.1, 0.15) is 19.4 Å². The number of halogens is 1. The van der Waals surface area contributed by atoms with Gasteiger partial charge in [0, 0.05) is 56.3 Å². The number of carbonyl (C=O) groups excluding carboxylic acids is 1. The summed E-state index contributed by atoms with van der Waals surface area (Å²) in [6, 6.07) is 11.5. The van der Waals surface area contributed by atoms with Crippen LogP contribution in [0.3, 0.4) is 0 Å². The first-order valence-corrected chi connectivity index (χ1v) is 10.0. The summed E-state index contributed by atoms with van der Waals surface area (Å²) in [6.07, 6.45) is 1.28. The van der Waals surface area contributed by atoms with E-state index in [1.807, 2.05) is 0 Å². The van der Waals surface area contributed by atoms with E-state index in [0.717, 1.165) is 6.20 Å². The number of carbonyl (C=O) groups is 1. The minimum atomic E-state index is -0.631. The second-order valence-electron chi connectivity index (χ2n) is 7.26. The van der Waals surface area contributed by atoms with Gasteiger partial charge in [-0.25, -0.2) is 9.37 Å². The Morgan fingerprint density at radius 2 is 1.74 bits per heavy atom. The molecule has 0 fully saturated rings. The summed E-state index contributed by atoms with van der Waals surface area (Å²) in [4.78, 5) is 20.2. The summed E-state index contributed by atoms with van der Waals surface area (Å²) in [7, 11) is 4.53. The molecule has 0 atom stereocenters. The van der Waals surface area contributed by atoms with Gasteiger partial charge in [0.15, 0.2) is 23.1 Å². The second-order valence-corrected chi connectivity index (χ2v) is 7.26. The summed E-state index contributed by atoms with van der Waals surface area (Å²) in [5.74, 6) is 1.57. The van der Waals surface area contributed by atoms with Gasteiger partial charge in [-0.3, -0.25) is 0 Å². The number of benzene rings is 2. The van der Waals surface area contributed by atoms with Gasteiger partial charge >= 0.3 is 0 Å². The van der Waals surface area contributed by atoms with E-state index in [-0.39, 0.29) is 56.7 Å². The molecule has 177 valence electrons. The van der Waals surface area contributed by atoms with E-state index in [4.69, 9.17) is 14.2 Å². The first-order valence-electron chi connectivity index (χ1n) is 10.0. The zero-order valence-corrected chi connectivity index (χ0v) is 22.5. The fourth-order valence-corrected chi connectivity index (χ4v) is 2.98. The molecule has 2 N–H and O–H groups in total. The van der Waals surface area contributed by atoms with Crippen LogP contribution in [0.4, 0.5) is 27.5 Å². The number of anilines is 4. The SMILES string of the molecule is COc1cc(Nc2ncc(F)c(Nc3cc[c-]c(CC(=O)[C-](C)C)c3)n2)cc(OC)c1OC.[Y]. The van der Waals surface area contributed by atoms with Gasteiger partial charge in [0.1, 0.15) is 0 Å². The maximum absolute atomic E-state index is 14.4. The Balaban J connectivity index is 0.00000408. The van der Waals surface area contributed by atoms with Gasteiger partial charge in [-0.15, -0.1) is 12.1 Å². The Morgan fingerprint density at radius 1 is 1.06 bits per heavy atom. The van der Waals surface area contributed by atoms with Crippen molar-refractivity contribution in [2.75, 3.05) is 32.0 Å². The van der Waals surface area contributed by atoms with Crippen LogP contribution in [0.25, 0.3) is 0 Å². The smallest absolute Gasteiger partial charge is 0.229 e. The predicted molar refractivity (Wildman–Crippen MR) is 123 cm³/mol. The number of rotatable bonds is 10. The molecular weight excluding hydrogens is 516 g/mol. The summed E-state index contributed by atoms with van der Waals surface area (Å²) >= 11 is 0. The maximum atomic E-state index is 14.4. The molecule has 3 aromatic rings. The van der Waals surface area contributed by atoms with E-state index in [2.05, 4.69) is 26.7 Å². The van der Waals surface area contributed by atoms with Crippen molar-refractivity contribution >= 4 is 28.9 Å². The first-order chi connectivity index (χ1) is 15.8. The number of aromatic nitrogens is 2. The molecule has 0 unspecified atom stereocenters. The number of nitrogens with zero attached hydrogens (tertiary/aromatic N) is 2. The predicted octanol–water partition coefficient (Wildman–Crippen LogP) is 4.65. The van der Waals surface area contributed by atoms with E-state index >= 15 is 0 Å². The minimum absolute atomic E-state index is 0. The molecule has 34 heavy (non-hydrogen) atoms. The molecular formula is C24H25FN4O4Y-2. The average Bonchev–Trinajstić information content (AvgIpc) is 2.80. The van der Waals surface area contributed by atoms with Crippen LogP contribution in [0, 0.1) is 17.8 Å². The van der Waals surface area contributed by atoms with Crippen LogP contribution in [0.15, 0.2) is 36.5 Å². The monoisotopic (exact) mass is 541 g/mol. The number of ketones is 1. The van der Waals surface area contributed by atoms with Gasteiger partial charge in [-0.05, 0) is 6.42 Å². The second kappa shape index (κ2) is 12.5. The van der Waals surface area contributed by atoms with Gasteiger partial charge in [0.25, 0.3) is 0 Å². The average molecular weight is 541 g/mol. The van der Waals surface area contributed by atoms with E-state index in [1.54, 1.807) is 44.2 Å². The van der Waals surface area contributed by atoms with Gasteiger partial charge in [0.2, 0.25) is 11.7 Å². The third-order valence-electron chi connectivity index (χ3n) is 4.70. The molecule has 0 saturated heterocycles. The molecule has 0 bridgehead atoms. The molecule has 0 aliphatic rings. The minimum Gasteiger partial charge on any atom is -0.493 e. The summed E-state index contributed by atoms with van der Waals surface area (Å²) in [5, 5.41) is 5.94. The normalized spacial score (nSPS) is 10.1. The fourth-order valence-electron chi connectivity index (χ4n) is 2.98. The number of methoxy groups -OCH3 is 3. The first kappa shape index (κ1) is 27.3. The Morgan fingerprint density at radius 3 is 2.32 bits per heavy atom. The van der Waals surface area contributed by atoms with Crippen molar-refractivity contribution in [3.8, 4) is 17.2 Å². The third kappa shape index (κ3) is 6.80. The zero-order chi connectivity index (χ0) is 24.0. The van der Waals surface area contributed by atoms with Crippen LogP contribution >= 0.6 is 0 Å². The van der Waals surface area contributed by atoms with E-state index < -0.39 is 5.82 Å². The molecule has 1 aromatic heterocycles. The van der Waals surface area contributed by atoms with Crippen molar-refractivity contribution in [1.29, 1.82) is 0 Å². The molecule has 1 radical (unpaired) electrons. The maximum Gasteiger partial charge on any atom is 0.229 e. The van der Waals surface area contributed by atoms with Crippen LogP contribution in [0.5, 0.6) is 17.2 Å². The number of hydrogen-bond donors (Lipinski definition) is 2. The molecule has 0 amide bonds. The number of nitrogens with one attached hydrogen (secondary N) is 2. The summed E-state index contributed by atoms with van der Waals surface area (Å²) in [6.45, 7) is 3.53. The third-order valence-corrected chi connectivity index (χ3v) is 4.70. The van der Waals surface area contributed by atoms with Gasteiger partial charge < -0.3 is 35.6 Å². The molecule has 8 nitrogen and oxygen atoms in total. The fraction of sp³-hybridized carbons (Fsp3) is 0.250. The largest absolute Gasteiger partial charge is 0.493 e. The van der Waals surface area contributed by atoms with Crippen molar-refractivity contribution in [3.05, 3.63) is 59.9 Å². The van der Waals surface area contributed by atoms with Crippen LogP contribution in [-0.2, 0) is 43.9 Å². The molecule has 0 aliphatic carbocycles. The van der Waals surface area contributed by atoms with Crippen molar-refractivity contribution < 1.29 is 56.1 Å². The Hall–Kier alpha value is -2.91. The molecule has 2 aromatic carbocycles. The Kier molecular flexibility index (Phi) is 10.1. The standard InChI is InChI=1S/C24H25FN4O4.Y/c1-14(2)19(30)10-15-7-6-8-16(9-15)27-23-18(25)13-26-24(29-23)28-17-11-20(31-3)22(33-5)21(12-17)32-4;/h6,8-9,11-13H,10H2,1-5H3,(H2,26,27,28,29);/q-2;. The number of hydrogen-bond acceptors (Lipinski definition) is 8. The summed E-state index contributed by atoms with van der Waals surface area (Å²) in [5.41, 5.74) is 1.82. The van der Waals surface area contributed by atoms with Crippen molar-refractivity contribution in [2.24, 2.45) is 0 Å².